The lowest BCUT2D eigenvalue weighted by atomic mass is 10.0. The van der Waals surface area contributed by atoms with E-state index in [1.54, 1.807) is 7.05 Å². The number of hydrogen-bond donors (Lipinski definition) is 2. The highest BCUT2D eigenvalue weighted by atomic mass is 16.5. The molecule has 2 aromatic heterocycles. The number of rotatable bonds is 8. The molecule has 3 aromatic rings. The highest BCUT2D eigenvalue weighted by Gasteiger charge is 2.21. The topological polar surface area (TPSA) is 96.5 Å². The Labute approximate surface area is 176 Å². The van der Waals surface area contributed by atoms with E-state index in [9.17, 15) is 5.11 Å². The van der Waals surface area contributed by atoms with E-state index >= 15 is 0 Å². The standard InChI is InChI=1S/C22H29N5O3/c1-13-20(19-14(2)26-30-15(19)3)24-21(25-22(13)27(5)6)16-8-7-9-18(10-16)29-12-17(28)11-23-4/h7-10,17,23,28H,11-12H2,1-6H3. The Morgan fingerprint density at radius 2 is 1.97 bits per heavy atom. The van der Waals surface area contributed by atoms with Gasteiger partial charge in [-0.25, -0.2) is 9.97 Å². The first-order valence-corrected chi connectivity index (χ1v) is 9.87. The van der Waals surface area contributed by atoms with Crippen LogP contribution in [-0.4, -0.2) is 60.6 Å². The summed E-state index contributed by atoms with van der Waals surface area (Å²) in [7, 11) is 5.70. The Hall–Kier alpha value is -2.97. The molecule has 0 aliphatic carbocycles. The zero-order chi connectivity index (χ0) is 21.8. The Morgan fingerprint density at radius 1 is 1.20 bits per heavy atom. The SMILES string of the molecule is CNCC(O)COc1cccc(-c2nc(-c3c(C)noc3C)c(C)c(N(C)C)n2)c1. The molecule has 160 valence electrons. The van der Waals surface area contributed by atoms with Gasteiger partial charge in [0.15, 0.2) is 5.82 Å². The summed E-state index contributed by atoms with van der Waals surface area (Å²) in [4.78, 5) is 11.6. The van der Waals surface area contributed by atoms with Crippen molar-refractivity contribution in [3.8, 4) is 28.4 Å². The summed E-state index contributed by atoms with van der Waals surface area (Å²) in [5.74, 6) is 2.78. The maximum atomic E-state index is 9.89. The van der Waals surface area contributed by atoms with Gasteiger partial charge in [-0.15, -0.1) is 0 Å². The molecule has 0 aliphatic heterocycles. The zero-order valence-electron chi connectivity index (χ0n) is 18.4. The molecule has 2 heterocycles. The van der Waals surface area contributed by atoms with Gasteiger partial charge in [0.1, 0.15) is 30.0 Å². The second-order valence-electron chi connectivity index (χ2n) is 7.49. The monoisotopic (exact) mass is 411 g/mol. The molecule has 0 radical (unpaired) electrons. The normalized spacial score (nSPS) is 12.1. The lowest BCUT2D eigenvalue weighted by molar-refractivity contribution is 0.108. The zero-order valence-corrected chi connectivity index (χ0v) is 18.4. The van der Waals surface area contributed by atoms with E-state index in [-0.39, 0.29) is 6.61 Å². The fourth-order valence-corrected chi connectivity index (χ4v) is 3.35. The maximum absolute atomic E-state index is 9.89. The van der Waals surface area contributed by atoms with E-state index in [1.807, 2.05) is 64.0 Å². The summed E-state index contributed by atoms with van der Waals surface area (Å²) in [5, 5.41) is 16.9. The van der Waals surface area contributed by atoms with E-state index in [4.69, 9.17) is 19.2 Å². The van der Waals surface area contributed by atoms with Crippen molar-refractivity contribution in [2.24, 2.45) is 0 Å². The molecule has 8 heteroatoms. The smallest absolute Gasteiger partial charge is 0.162 e. The van der Waals surface area contributed by atoms with Crippen LogP contribution in [0.1, 0.15) is 17.0 Å². The average molecular weight is 412 g/mol. The largest absolute Gasteiger partial charge is 0.491 e. The van der Waals surface area contributed by atoms with Crippen molar-refractivity contribution in [3.63, 3.8) is 0 Å². The fraction of sp³-hybridized carbons (Fsp3) is 0.409. The molecule has 1 aromatic carbocycles. The minimum absolute atomic E-state index is 0.201. The van der Waals surface area contributed by atoms with Crippen molar-refractivity contribution in [1.82, 2.24) is 20.4 Å². The number of nitrogens with one attached hydrogen (secondary N) is 1. The van der Waals surface area contributed by atoms with Crippen molar-refractivity contribution < 1.29 is 14.4 Å². The van der Waals surface area contributed by atoms with Crippen molar-refractivity contribution >= 4 is 5.82 Å². The van der Waals surface area contributed by atoms with Gasteiger partial charge in [0.05, 0.1) is 17.0 Å². The predicted octanol–water partition coefficient (Wildman–Crippen LogP) is 2.75. The lowest BCUT2D eigenvalue weighted by Gasteiger charge is -2.18. The summed E-state index contributed by atoms with van der Waals surface area (Å²) < 4.78 is 11.1. The highest BCUT2D eigenvalue weighted by Crippen LogP contribution is 2.34. The van der Waals surface area contributed by atoms with Crippen LogP contribution < -0.4 is 15.0 Å². The van der Waals surface area contributed by atoms with Gasteiger partial charge in [-0.3, -0.25) is 0 Å². The molecular formula is C22H29N5O3. The molecule has 1 atom stereocenters. The molecule has 2 N–H and O–H groups in total. The molecule has 0 bridgehead atoms. The Morgan fingerprint density at radius 3 is 2.60 bits per heavy atom. The number of anilines is 1. The van der Waals surface area contributed by atoms with Crippen molar-refractivity contribution in [1.29, 1.82) is 0 Å². The number of likely N-dealkylation sites (N-methyl/N-ethyl adjacent to an activating group) is 1. The van der Waals surface area contributed by atoms with Crippen molar-refractivity contribution in [2.45, 2.75) is 26.9 Å². The maximum Gasteiger partial charge on any atom is 0.162 e. The second kappa shape index (κ2) is 9.23. The minimum Gasteiger partial charge on any atom is -0.491 e. The minimum atomic E-state index is -0.583. The van der Waals surface area contributed by atoms with Gasteiger partial charge in [-0.2, -0.15) is 0 Å². The molecule has 0 saturated carbocycles. The van der Waals surface area contributed by atoms with Crippen molar-refractivity contribution in [3.05, 3.63) is 41.3 Å². The molecular weight excluding hydrogens is 382 g/mol. The van der Waals surface area contributed by atoms with Gasteiger partial charge in [0.2, 0.25) is 0 Å². The van der Waals surface area contributed by atoms with Crippen LogP contribution in [0.3, 0.4) is 0 Å². The summed E-state index contributed by atoms with van der Waals surface area (Å²) in [6, 6.07) is 7.57. The highest BCUT2D eigenvalue weighted by molar-refractivity contribution is 5.74. The van der Waals surface area contributed by atoms with Crippen LogP contribution in [-0.2, 0) is 0 Å². The Kier molecular flexibility index (Phi) is 6.69. The molecule has 3 rings (SSSR count). The van der Waals surface area contributed by atoms with Crippen LogP contribution in [0, 0.1) is 20.8 Å². The van der Waals surface area contributed by atoms with Crippen LogP contribution in [0.4, 0.5) is 5.82 Å². The van der Waals surface area contributed by atoms with Crippen molar-refractivity contribution in [2.75, 3.05) is 39.2 Å². The van der Waals surface area contributed by atoms with Gasteiger partial charge >= 0.3 is 0 Å². The number of benzene rings is 1. The molecule has 0 saturated heterocycles. The van der Waals surface area contributed by atoms with Crippen LogP contribution in [0.2, 0.25) is 0 Å². The van der Waals surface area contributed by atoms with Gasteiger partial charge in [-0.05, 0) is 40.0 Å². The van der Waals surface area contributed by atoms with E-state index in [0.717, 1.165) is 39.7 Å². The first-order valence-electron chi connectivity index (χ1n) is 9.87. The van der Waals surface area contributed by atoms with Gasteiger partial charge < -0.3 is 24.6 Å². The third-order valence-electron chi connectivity index (χ3n) is 4.79. The third-order valence-corrected chi connectivity index (χ3v) is 4.79. The number of ether oxygens (including phenoxy) is 1. The Balaban J connectivity index is 2.03. The van der Waals surface area contributed by atoms with Gasteiger partial charge in [0, 0.05) is 31.8 Å². The van der Waals surface area contributed by atoms with E-state index in [1.165, 1.54) is 0 Å². The molecule has 0 fully saturated rings. The number of aliphatic hydroxyl groups excluding tert-OH is 1. The van der Waals surface area contributed by atoms with E-state index in [2.05, 4.69) is 10.5 Å². The number of aryl methyl sites for hydroxylation is 2. The van der Waals surface area contributed by atoms with E-state index < -0.39 is 6.10 Å². The first-order chi connectivity index (χ1) is 14.3. The number of aliphatic hydroxyl groups is 1. The number of hydrogen-bond acceptors (Lipinski definition) is 8. The van der Waals surface area contributed by atoms with Crippen LogP contribution in [0.15, 0.2) is 28.8 Å². The molecule has 0 aliphatic rings. The second-order valence-corrected chi connectivity index (χ2v) is 7.49. The fourth-order valence-electron chi connectivity index (χ4n) is 3.35. The third kappa shape index (κ3) is 4.60. The number of nitrogens with zero attached hydrogens (tertiary/aromatic N) is 4. The first kappa shape index (κ1) is 21.7. The van der Waals surface area contributed by atoms with Crippen LogP contribution in [0.5, 0.6) is 5.75 Å². The molecule has 1 unspecified atom stereocenters. The van der Waals surface area contributed by atoms with Crippen LogP contribution >= 0.6 is 0 Å². The summed E-state index contributed by atoms with van der Waals surface area (Å²) in [6.07, 6.45) is -0.583. The van der Waals surface area contributed by atoms with Crippen LogP contribution in [0.25, 0.3) is 22.6 Å². The summed E-state index contributed by atoms with van der Waals surface area (Å²) in [5.41, 5.74) is 4.27. The Bertz CT molecular complexity index is 997. The molecule has 30 heavy (non-hydrogen) atoms. The summed E-state index contributed by atoms with van der Waals surface area (Å²) in [6.45, 7) is 6.47. The predicted molar refractivity (Wildman–Crippen MR) is 117 cm³/mol. The molecule has 0 amide bonds. The van der Waals surface area contributed by atoms with E-state index in [0.29, 0.717) is 18.1 Å². The lowest BCUT2D eigenvalue weighted by Crippen LogP contribution is -2.29. The number of aromatic nitrogens is 3. The van der Waals surface area contributed by atoms with Gasteiger partial charge in [-0.1, -0.05) is 17.3 Å². The average Bonchev–Trinajstić information content (AvgIpc) is 3.05. The van der Waals surface area contributed by atoms with Gasteiger partial charge in [0.25, 0.3) is 0 Å². The molecule has 8 nitrogen and oxygen atoms in total. The molecule has 0 spiro atoms. The summed E-state index contributed by atoms with van der Waals surface area (Å²) >= 11 is 0. The quantitative estimate of drug-likeness (QED) is 0.584.